The molecule has 0 atom stereocenters. The van der Waals surface area contributed by atoms with Crippen LogP contribution in [0.2, 0.25) is 0 Å². The molecule has 0 amide bonds. The van der Waals surface area contributed by atoms with E-state index in [0.29, 0.717) is 6.07 Å². The fraction of sp³-hybridized carbons (Fsp3) is 0.333. The molecule has 6 heteroatoms. The van der Waals surface area contributed by atoms with Gasteiger partial charge in [0.1, 0.15) is 5.56 Å². The minimum atomic E-state index is -4.71. The Bertz CT molecular complexity index is 360. The summed E-state index contributed by atoms with van der Waals surface area (Å²) in [6.45, 7) is -0.663. The zero-order chi connectivity index (χ0) is 11.6. The van der Waals surface area contributed by atoms with Gasteiger partial charge in [-0.3, -0.25) is 0 Å². The first-order valence-electron chi connectivity index (χ1n) is 3.94. The molecule has 0 heterocycles. The summed E-state index contributed by atoms with van der Waals surface area (Å²) in [4.78, 5) is 0. The van der Waals surface area contributed by atoms with Crippen molar-refractivity contribution < 1.29 is 27.4 Å². The SMILES string of the molecule is COc1c(F)cc(CO)cc1C(F)(F)F. The Morgan fingerprint density at radius 1 is 1.33 bits per heavy atom. The average Bonchev–Trinajstić information content (AvgIpc) is 2.15. The molecule has 0 aliphatic heterocycles. The first-order chi connectivity index (χ1) is 6.90. The zero-order valence-corrected chi connectivity index (χ0v) is 7.73. The van der Waals surface area contributed by atoms with Crippen LogP contribution in [0.1, 0.15) is 11.1 Å². The lowest BCUT2D eigenvalue weighted by molar-refractivity contribution is -0.139. The Balaban J connectivity index is 3.39. The topological polar surface area (TPSA) is 29.5 Å². The van der Waals surface area contributed by atoms with E-state index in [-0.39, 0.29) is 5.56 Å². The standard InChI is InChI=1S/C9H8F4O2/c1-15-8-6(9(11,12)13)2-5(4-14)3-7(8)10/h2-3,14H,4H2,1H3. The highest BCUT2D eigenvalue weighted by Crippen LogP contribution is 2.38. The molecule has 0 saturated carbocycles. The monoisotopic (exact) mass is 224 g/mol. The Labute approximate surface area is 83.1 Å². The zero-order valence-electron chi connectivity index (χ0n) is 7.73. The maximum Gasteiger partial charge on any atom is 0.420 e. The predicted molar refractivity (Wildman–Crippen MR) is 43.9 cm³/mol. The second kappa shape index (κ2) is 4.06. The number of hydrogen-bond acceptors (Lipinski definition) is 2. The van der Waals surface area contributed by atoms with E-state index in [1.54, 1.807) is 0 Å². The van der Waals surface area contributed by atoms with Gasteiger partial charge in [0.05, 0.1) is 13.7 Å². The van der Waals surface area contributed by atoms with Crippen LogP contribution in [0.5, 0.6) is 5.75 Å². The number of aliphatic hydroxyl groups excluding tert-OH is 1. The fourth-order valence-electron chi connectivity index (χ4n) is 1.16. The number of hydrogen-bond donors (Lipinski definition) is 1. The van der Waals surface area contributed by atoms with Crippen molar-refractivity contribution in [2.24, 2.45) is 0 Å². The number of methoxy groups -OCH3 is 1. The van der Waals surface area contributed by atoms with E-state index in [9.17, 15) is 17.6 Å². The van der Waals surface area contributed by atoms with Crippen LogP contribution in [0, 0.1) is 5.82 Å². The highest BCUT2D eigenvalue weighted by molar-refractivity contribution is 5.40. The van der Waals surface area contributed by atoms with Gasteiger partial charge in [-0.15, -0.1) is 0 Å². The van der Waals surface area contributed by atoms with Gasteiger partial charge in [0.25, 0.3) is 0 Å². The number of ether oxygens (including phenoxy) is 1. The van der Waals surface area contributed by atoms with Gasteiger partial charge in [-0.2, -0.15) is 13.2 Å². The van der Waals surface area contributed by atoms with E-state index in [1.165, 1.54) is 0 Å². The number of halogens is 4. The molecule has 2 nitrogen and oxygen atoms in total. The van der Waals surface area contributed by atoms with Crippen LogP contribution in [-0.2, 0) is 12.8 Å². The van der Waals surface area contributed by atoms with Gasteiger partial charge in [-0.05, 0) is 17.7 Å². The van der Waals surface area contributed by atoms with Gasteiger partial charge in [-0.1, -0.05) is 0 Å². The van der Waals surface area contributed by atoms with Crippen LogP contribution < -0.4 is 4.74 Å². The first kappa shape index (κ1) is 11.8. The summed E-state index contributed by atoms with van der Waals surface area (Å²) in [5.41, 5.74) is -1.38. The van der Waals surface area contributed by atoms with Crippen molar-refractivity contribution in [3.63, 3.8) is 0 Å². The van der Waals surface area contributed by atoms with E-state index >= 15 is 0 Å². The molecule has 1 rings (SSSR count). The molecule has 0 unspecified atom stereocenters. The van der Waals surface area contributed by atoms with Gasteiger partial charge in [0.15, 0.2) is 11.6 Å². The molecular formula is C9H8F4O2. The fourth-order valence-corrected chi connectivity index (χ4v) is 1.16. The van der Waals surface area contributed by atoms with Gasteiger partial charge in [0, 0.05) is 0 Å². The Morgan fingerprint density at radius 2 is 1.93 bits per heavy atom. The maximum atomic E-state index is 13.1. The third kappa shape index (κ3) is 2.38. The van der Waals surface area contributed by atoms with Gasteiger partial charge < -0.3 is 9.84 Å². The number of alkyl halides is 3. The van der Waals surface area contributed by atoms with Gasteiger partial charge in [-0.25, -0.2) is 4.39 Å². The van der Waals surface area contributed by atoms with Crippen molar-refractivity contribution in [3.05, 3.63) is 29.1 Å². The van der Waals surface area contributed by atoms with Crippen molar-refractivity contribution in [2.75, 3.05) is 7.11 Å². The second-order valence-corrected chi connectivity index (χ2v) is 2.81. The molecule has 1 N–H and O–H groups in total. The third-order valence-corrected chi connectivity index (χ3v) is 1.80. The molecule has 1 aromatic carbocycles. The summed E-state index contributed by atoms with van der Waals surface area (Å²) in [6.07, 6.45) is -4.71. The molecule has 0 aliphatic rings. The molecule has 15 heavy (non-hydrogen) atoms. The quantitative estimate of drug-likeness (QED) is 0.781. The Hall–Kier alpha value is -1.30. The summed E-state index contributed by atoms with van der Waals surface area (Å²) < 4.78 is 54.6. The van der Waals surface area contributed by atoms with Gasteiger partial charge >= 0.3 is 6.18 Å². The minimum absolute atomic E-state index is 0.152. The highest BCUT2D eigenvalue weighted by atomic mass is 19.4. The van der Waals surface area contributed by atoms with E-state index in [1.807, 2.05) is 0 Å². The molecule has 0 fully saturated rings. The van der Waals surface area contributed by atoms with Crippen LogP contribution in [0.25, 0.3) is 0 Å². The van der Waals surface area contributed by atoms with Crippen LogP contribution in [0.15, 0.2) is 12.1 Å². The van der Waals surface area contributed by atoms with Gasteiger partial charge in [0.2, 0.25) is 0 Å². The molecule has 84 valence electrons. The molecule has 0 saturated heterocycles. The van der Waals surface area contributed by atoms with Crippen LogP contribution in [-0.4, -0.2) is 12.2 Å². The molecule has 1 aromatic rings. The van der Waals surface area contributed by atoms with Crippen molar-refractivity contribution >= 4 is 0 Å². The minimum Gasteiger partial charge on any atom is -0.493 e. The number of rotatable bonds is 2. The molecular weight excluding hydrogens is 216 g/mol. The molecule has 0 aromatic heterocycles. The average molecular weight is 224 g/mol. The normalized spacial score (nSPS) is 11.6. The van der Waals surface area contributed by atoms with Crippen LogP contribution in [0.3, 0.4) is 0 Å². The maximum absolute atomic E-state index is 13.1. The molecule has 0 spiro atoms. The van der Waals surface area contributed by atoms with Crippen molar-refractivity contribution in [1.29, 1.82) is 0 Å². The van der Waals surface area contributed by atoms with Crippen LogP contribution in [0.4, 0.5) is 17.6 Å². The summed E-state index contributed by atoms with van der Waals surface area (Å²) >= 11 is 0. The number of benzene rings is 1. The lowest BCUT2D eigenvalue weighted by Gasteiger charge is -2.13. The van der Waals surface area contributed by atoms with E-state index < -0.39 is 29.9 Å². The van der Waals surface area contributed by atoms with Crippen LogP contribution >= 0.6 is 0 Å². The molecule has 0 radical (unpaired) electrons. The lowest BCUT2D eigenvalue weighted by Crippen LogP contribution is -2.10. The summed E-state index contributed by atoms with van der Waals surface area (Å²) in [6, 6.07) is 1.45. The Kier molecular flexibility index (Phi) is 3.18. The lowest BCUT2D eigenvalue weighted by atomic mass is 10.1. The predicted octanol–water partition coefficient (Wildman–Crippen LogP) is 2.35. The van der Waals surface area contributed by atoms with E-state index in [4.69, 9.17) is 5.11 Å². The molecule has 0 bridgehead atoms. The summed E-state index contributed by atoms with van der Waals surface area (Å²) in [5.74, 6) is -2.00. The van der Waals surface area contributed by atoms with Crippen molar-refractivity contribution in [2.45, 2.75) is 12.8 Å². The smallest absolute Gasteiger partial charge is 0.420 e. The second-order valence-electron chi connectivity index (χ2n) is 2.81. The Morgan fingerprint density at radius 3 is 2.33 bits per heavy atom. The van der Waals surface area contributed by atoms with E-state index in [0.717, 1.165) is 13.2 Å². The highest BCUT2D eigenvalue weighted by Gasteiger charge is 2.36. The van der Waals surface area contributed by atoms with Crippen molar-refractivity contribution in [1.82, 2.24) is 0 Å². The summed E-state index contributed by atoms with van der Waals surface area (Å²) in [5, 5.41) is 8.64. The first-order valence-corrected chi connectivity index (χ1v) is 3.94. The third-order valence-electron chi connectivity index (χ3n) is 1.80. The van der Waals surface area contributed by atoms with Crippen molar-refractivity contribution in [3.8, 4) is 5.75 Å². The number of aliphatic hydroxyl groups is 1. The molecule has 0 aliphatic carbocycles. The van der Waals surface area contributed by atoms with E-state index in [2.05, 4.69) is 4.74 Å². The largest absolute Gasteiger partial charge is 0.493 e. The summed E-state index contributed by atoms with van der Waals surface area (Å²) in [7, 11) is 0.951.